The number of para-hydroxylation sites is 1. The lowest BCUT2D eigenvalue weighted by molar-refractivity contribution is 0.368. The first-order valence-corrected chi connectivity index (χ1v) is 8.53. The van der Waals surface area contributed by atoms with Gasteiger partial charge in [0, 0.05) is 31.1 Å². The quantitative estimate of drug-likeness (QED) is 0.921. The Bertz CT molecular complexity index is 517. The number of rotatable bonds is 3. The van der Waals surface area contributed by atoms with Gasteiger partial charge in [-0.1, -0.05) is 12.1 Å². The van der Waals surface area contributed by atoms with E-state index in [2.05, 4.69) is 5.32 Å². The molecule has 0 bridgehead atoms. The number of benzene rings is 1. The van der Waals surface area contributed by atoms with Crippen LogP contribution >= 0.6 is 11.8 Å². The normalized spacial score (nSPS) is 21.8. The van der Waals surface area contributed by atoms with Crippen LogP contribution in [0.4, 0.5) is 5.69 Å². The molecule has 1 unspecified atom stereocenters. The number of thioether (sulfide) groups is 1. The van der Waals surface area contributed by atoms with Crippen molar-refractivity contribution < 1.29 is 8.42 Å². The molecule has 2 rings (SSSR count). The van der Waals surface area contributed by atoms with E-state index < -0.39 is 10.0 Å². The van der Waals surface area contributed by atoms with Gasteiger partial charge in [-0.3, -0.25) is 0 Å². The van der Waals surface area contributed by atoms with Gasteiger partial charge in [-0.25, -0.2) is 8.42 Å². The molecule has 100 valence electrons. The maximum absolute atomic E-state index is 12.7. The van der Waals surface area contributed by atoms with E-state index in [1.54, 1.807) is 41.3 Å². The van der Waals surface area contributed by atoms with Crippen molar-refractivity contribution in [3.8, 4) is 0 Å². The minimum absolute atomic E-state index is 0.0543. The predicted molar refractivity (Wildman–Crippen MR) is 76.7 cm³/mol. The Morgan fingerprint density at radius 2 is 2.11 bits per heavy atom. The second kappa shape index (κ2) is 5.50. The largest absolute Gasteiger partial charge is 0.387 e. The first-order valence-electron chi connectivity index (χ1n) is 5.93. The van der Waals surface area contributed by atoms with Crippen LogP contribution in [0, 0.1) is 0 Å². The average Bonchev–Trinajstić information content (AvgIpc) is 2.39. The van der Waals surface area contributed by atoms with Crippen LogP contribution in [0.25, 0.3) is 0 Å². The number of nitrogens with one attached hydrogen (secondary N) is 1. The van der Waals surface area contributed by atoms with Gasteiger partial charge in [-0.05, 0) is 19.1 Å². The Kier molecular flexibility index (Phi) is 4.19. The summed E-state index contributed by atoms with van der Waals surface area (Å²) in [6.07, 6.45) is 0. The van der Waals surface area contributed by atoms with Gasteiger partial charge >= 0.3 is 0 Å². The van der Waals surface area contributed by atoms with Gasteiger partial charge in [0.15, 0.2) is 0 Å². The third-order valence-corrected chi connectivity index (χ3v) is 6.31. The van der Waals surface area contributed by atoms with Crippen LogP contribution in [0.5, 0.6) is 0 Å². The van der Waals surface area contributed by atoms with Crippen molar-refractivity contribution in [2.45, 2.75) is 17.9 Å². The monoisotopic (exact) mass is 286 g/mol. The summed E-state index contributed by atoms with van der Waals surface area (Å²) in [4.78, 5) is 0.367. The highest BCUT2D eigenvalue weighted by Crippen LogP contribution is 2.28. The lowest BCUT2D eigenvalue weighted by Gasteiger charge is -2.32. The van der Waals surface area contributed by atoms with Crippen molar-refractivity contribution in [1.82, 2.24) is 4.31 Å². The molecular weight excluding hydrogens is 268 g/mol. The van der Waals surface area contributed by atoms with Crippen molar-refractivity contribution in [3.63, 3.8) is 0 Å². The van der Waals surface area contributed by atoms with Crippen molar-refractivity contribution in [2.75, 3.05) is 30.4 Å². The van der Waals surface area contributed by atoms with E-state index in [9.17, 15) is 8.42 Å². The van der Waals surface area contributed by atoms with Crippen molar-refractivity contribution in [2.24, 2.45) is 0 Å². The van der Waals surface area contributed by atoms with Crippen LogP contribution in [0.15, 0.2) is 29.2 Å². The van der Waals surface area contributed by atoms with E-state index in [-0.39, 0.29) is 6.04 Å². The summed E-state index contributed by atoms with van der Waals surface area (Å²) in [7, 11) is -1.66. The Morgan fingerprint density at radius 3 is 2.78 bits per heavy atom. The van der Waals surface area contributed by atoms with Crippen molar-refractivity contribution in [1.29, 1.82) is 0 Å². The summed E-state index contributed by atoms with van der Waals surface area (Å²) in [5.74, 6) is 1.73. The molecule has 6 heteroatoms. The highest BCUT2D eigenvalue weighted by Gasteiger charge is 2.32. The molecule has 0 spiro atoms. The second-order valence-electron chi connectivity index (χ2n) is 4.29. The molecule has 18 heavy (non-hydrogen) atoms. The SMILES string of the molecule is CNc1ccccc1S(=O)(=O)N1CCSCC1C. The first kappa shape index (κ1) is 13.7. The predicted octanol–water partition coefficient (Wildman–Crippen LogP) is 1.85. The molecule has 4 nitrogen and oxygen atoms in total. The average molecular weight is 286 g/mol. The van der Waals surface area contributed by atoms with Gasteiger partial charge in [0.1, 0.15) is 4.90 Å². The molecule has 0 saturated carbocycles. The second-order valence-corrected chi connectivity index (χ2v) is 7.29. The number of anilines is 1. The molecule has 1 aromatic carbocycles. The molecule has 1 aromatic rings. The van der Waals surface area contributed by atoms with E-state index in [1.165, 1.54) is 0 Å². The Labute approximate surface area is 113 Å². The van der Waals surface area contributed by atoms with E-state index in [4.69, 9.17) is 0 Å². The lowest BCUT2D eigenvalue weighted by atomic mass is 10.3. The fraction of sp³-hybridized carbons (Fsp3) is 0.500. The smallest absolute Gasteiger partial charge is 0.245 e. The Balaban J connectivity index is 2.41. The maximum atomic E-state index is 12.7. The van der Waals surface area contributed by atoms with Gasteiger partial charge in [0.2, 0.25) is 10.0 Å². The van der Waals surface area contributed by atoms with Crippen LogP contribution in [0.3, 0.4) is 0 Å². The zero-order valence-corrected chi connectivity index (χ0v) is 12.2. The minimum Gasteiger partial charge on any atom is -0.387 e. The Hall–Kier alpha value is -0.720. The summed E-state index contributed by atoms with van der Waals surface area (Å²) >= 11 is 1.81. The third kappa shape index (κ3) is 2.50. The van der Waals surface area contributed by atoms with Crippen LogP contribution in [0.1, 0.15) is 6.92 Å². The molecule has 0 aliphatic carbocycles. The molecule has 1 aliphatic rings. The number of hydrogen-bond acceptors (Lipinski definition) is 4. The first-order chi connectivity index (χ1) is 8.57. The summed E-state index contributed by atoms with van der Waals surface area (Å²) < 4.78 is 26.9. The summed E-state index contributed by atoms with van der Waals surface area (Å²) in [6.45, 7) is 2.55. The number of sulfonamides is 1. The molecule has 1 aliphatic heterocycles. The van der Waals surface area contributed by atoms with E-state index >= 15 is 0 Å². The highest BCUT2D eigenvalue weighted by molar-refractivity contribution is 7.99. The van der Waals surface area contributed by atoms with Crippen LogP contribution in [-0.2, 0) is 10.0 Å². The van der Waals surface area contributed by atoms with E-state index in [1.807, 2.05) is 13.0 Å². The molecule has 0 aromatic heterocycles. The summed E-state index contributed by atoms with van der Waals surface area (Å²) in [5, 5.41) is 2.94. The van der Waals surface area contributed by atoms with E-state index in [0.717, 1.165) is 11.5 Å². The molecule has 1 saturated heterocycles. The third-order valence-electron chi connectivity index (χ3n) is 3.05. The fourth-order valence-corrected chi connectivity index (χ4v) is 5.15. The standard InChI is InChI=1S/C12H18N2O2S2/c1-10-9-17-8-7-14(10)18(15,16)12-6-4-3-5-11(12)13-2/h3-6,10,13H,7-9H2,1-2H3. The van der Waals surface area contributed by atoms with Gasteiger partial charge in [0.25, 0.3) is 0 Å². The number of nitrogens with zero attached hydrogens (tertiary/aromatic N) is 1. The molecule has 1 fully saturated rings. The highest BCUT2D eigenvalue weighted by atomic mass is 32.2. The zero-order valence-electron chi connectivity index (χ0n) is 10.6. The topological polar surface area (TPSA) is 49.4 Å². The summed E-state index contributed by atoms with van der Waals surface area (Å²) in [6, 6.07) is 7.10. The van der Waals surface area contributed by atoms with Gasteiger partial charge in [-0.2, -0.15) is 16.1 Å². The molecule has 1 atom stereocenters. The van der Waals surface area contributed by atoms with Crippen molar-refractivity contribution >= 4 is 27.5 Å². The lowest BCUT2D eigenvalue weighted by Crippen LogP contribution is -2.44. The minimum atomic E-state index is -3.40. The molecule has 1 N–H and O–H groups in total. The van der Waals surface area contributed by atoms with Crippen molar-refractivity contribution in [3.05, 3.63) is 24.3 Å². The van der Waals surface area contributed by atoms with Crippen LogP contribution in [0.2, 0.25) is 0 Å². The van der Waals surface area contributed by atoms with Gasteiger partial charge in [-0.15, -0.1) is 0 Å². The van der Waals surface area contributed by atoms with Gasteiger partial charge < -0.3 is 5.32 Å². The van der Waals surface area contributed by atoms with Crippen LogP contribution < -0.4 is 5.32 Å². The molecule has 0 amide bonds. The Morgan fingerprint density at radius 1 is 1.39 bits per heavy atom. The fourth-order valence-electron chi connectivity index (χ4n) is 2.09. The molecule has 1 heterocycles. The maximum Gasteiger partial charge on any atom is 0.245 e. The van der Waals surface area contributed by atoms with Crippen LogP contribution in [-0.4, -0.2) is 43.9 Å². The van der Waals surface area contributed by atoms with E-state index in [0.29, 0.717) is 17.1 Å². The number of hydrogen-bond donors (Lipinski definition) is 1. The molecule has 0 radical (unpaired) electrons. The zero-order chi connectivity index (χ0) is 13.2. The summed E-state index contributed by atoms with van der Waals surface area (Å²) in [5.41, 5.74) is 0.655. The molecular formula is C12H18N2O2S2. The van der Waals surface area contributed by atoms with Gasteiger partial charge in [0.05, 0.1) is 5.69 Å².